The fraction of sp³-hybridized carbons (Fsp3) is 0.350. The van der Waals surface area contributed by atoms with E-state index in [0.29, 0.717) is 12.4 Å². The third-order valence-electron chi connectivity index (χ3n) is 5.21. The van der Waals surface area contributed by atoms with Crippen LogP contribution in [0.2, 0.25) is 0 Å². The number of halogens is 3. The molecule has 0 unspecified atom stereocenters. The molecule has 0 spiro atoms. The van der Waals surface area contributed by atoms with E-state index in [4.69, 9.17) is 5.73 Å². The molecule has 1 fully saturated rings. The van der Waals surface area contributed by atoms with Crippen molar-refractivity contribution in [1.82, 2.24) is 24.6 Å². The first kappa shape index (κ1) is 20.1. The second-order valence-corrected chi connectivity index (χ2v) is 7.32. The van der Waals surface area contributed by atoms with Gasteiger partial charge in [-0.05, 0) is 17.7 Å². The molecule has 1 aromatic carbocycles. The van der Waals surface area contributed by atoms with Gasteiger partial charge in [0, 0.05) is 51.5 Å². The van der Waals surface area contributed by atoms with Gasteiger partial charge in [-0.3, -0.25) is 9.58 Å². The van der Waals surface area contributed by atoms with Crippen molar-refractivity contribution in [2.24, 2.45) is 7.05 Å². The molecule has 158 valence electrons. The topological polar surface area (TPSA) is 76.1 Å². The Kier molecular flexibility index (Phi) is 5.33. The highest BCUT2D eigenvalue weighted by Crippen LogP contribution is 2.33. The zero-order valence-corrected chi connectivity index (χ0v) is 16.5. The number of piperazine rings is 1. The number of hydrogen-bond acceptors (Lipinski definition) is 6. The molecule has 10 heteroatoms. The van der Waals surface area contributed by atoms with Crippen molar-refractivity contribution in [3.63, 3.8) is 0 Å². The van der Waals surface area contributed by atoms with Gasteiger partial charge in [0.05, 0.1) is 17.3 Å². The van der Waals surface area contributed by atoms with Crippen LogP contribution in [0.3, 0.4) is 0 Å². The average Bonchev–Trinajstić information content (AvgIpc) is 3.14. The molecule has 0 amide bonds. The molecule has 1 aliphatic rings. The van der Waals surface area contributed by atoms with E-state index in [2.05, 4.69) is 24.9 Å². The second kappa shape index (κ2) is 7.94. The summed E-state index contributed by atoms with van der Waals surface area (Å²) in [6, 6.07) is 5.35. The lowest BCUT2D eigenvalue weighted by Gasteiger charge is -2.36. The van der Waals surface area contributed by atoms with E-state index in [1.54, 1.807) is 23.0 Å². The molecule has 1 saturated heterocycles. The van der Waals surface area contributed by atoms with E-state index in [9.17, 15) is 13.2 Å². The zero-order chi connectivity index (χ0) is 21.3. The number of benzene rings is 1. The highest BCUT2D eigenvalue weighted by atomic mass is 19.4. The van der Waals surface area contributed by atoms with Gasteiger partial charge in [-0.2, -0.15) is 18.3 Å². The minimum absolute atomic E-state index is 0.403. The molecule has 30 heavy (non-hydrogen) atoms. The molecule has 3 heterocycles. The minimum Gasteiger partial charge on any atom is -0.383 e. The number of anilines is 2. The largest absolute Gasteiger partial charge is 0.416 e. The molecule has 0 saturated carbocycles. The van der Waals surface area contributed by atoms with E-state index in [1.165, 1.54) is 6.33 Å². The maximum Gasteiger partial charge on any atom is 0.416 e. The normalized spacial score (nSPS) is 15.5. The Morgan fingerprint density at radius 1 is 1.03 bits per heavy atom. The fourth-order valence-corrected chi connectivity index (χ4v) is 3.63. The molecule has 0 atom stereocenters. The number of alkyl halides is 3. The van der Waals surface area contributed by atoms with E-state index < -0.39 is 11.7 Å². The highest BCUT2D eigenvalue weighted by Gasteiger charge is 2.30. The van der Waals surface area contributed by atoms with Crippen molar-refractivity contribution in [3.8, 4) is 11.1 Å². The van der Waals surface area contributed by atoms with Crippen LogP contribution in [-0.2, 0) is 19.8 Å². The van der Waals surface area contributed by atoms with Gasteiger partial charge in [0.2, 0.25) is 0 Å². The quantitative estimate of drug-likeness (QED) is 0.704. The summed E-state index contributed by atoms with van der Waals surface area (Å²) in [5, 5.41) is 4.21. The van der Waals surface area contributed by atoms with Crippen LogP contribution in [0.4, 0.5) is 24.8 Å². The van der Waals surface area contributed by atoms with Crippen LogP contribution in [-0.4, -0.2) is 50.8 Å². The van der Waals surface area contributed by atoms with Crippen LogP contribution < -0.4 is 10.6 Å². The lowest BCUT2D eigenvalue weighted by molar-refractivity contribution is -0.137. The van der Waals surface area contributed by atoms with Gasteiger partial charge in [-0.1, -0.05) is 12.1 Å². The van der Waals surface area contributed by atoms with Gasteiger partial charge in [-0.15, -0.1) is 0 Å². The average molecular weight is 417 g/mol. The van der Waals surface area contributed by atoms with Crippen molar-refractivity contribution < 1.29 is 13.2 Å². The molecule has 7 nitrogen and oxygen atoms in total. The number of hydrogen-bond donors (Lipinski definition) is 1. The second-order valence-electron chi connectivity index (χ2n) is 7.32. The van der Waals surface area contributed by atoms with Crippen LogP contribution in [0.5, 0.6) is 0 Å². The smallest absolute Gasteiger partial charge is 0.383 e. The van der Waals surface area contributed by atoms with Gasteiger partial charge in [-0.25, -0.2) is 9.97 Å². The fourth-order valence-electron chi connectivity index (χ4n) is 3.63. The van der Waals surface area contributed by atoms with E-state index in [1.807, 2.05) is 13.2 Å². The Bertz CT molecular complexity index is 1010. The Labute approximate surface area is 171 Å². The summed E-state index contributed by atoms with van der Waals surface area (Å²) in [5.74, 6) is 1.17. The number of rotatable bonds is 4. The first-order chi connectivity index (χ1) is 14.3. The standard InChI is InChI=1S/C20H22F3N7/c1-28-12-15(10-27-28)17-18(24)25-13-26-19(17)30-8-6-29(7-9-30)11-14-2-4-16(5-3-14)20(21,22)23/h2-5,10,12-13H,6-9,11H2,1H3,(H2,24,25,26). The first-order valence-corrected chi connectivity index (χ1v) is 9.54. The molecule has 2 aromatic heterocycles. The maximum absolute atomic E-state index is 12.7. The summed E-state index contributed by atoms with van der Waals surface area (Å²) >= 11 is 0. The summed E-state index contributed by atoms with van der Waals surface area (Å²) < 4.78 is 39.9. The van der Waals surface area contributed by atoms with Gasteiger partial charge < -0.3 is 10.6 Å². The van der Waals surface area contributed by atoms with Crippen LogP contribution in [0.1, 0.15) is 11.1 Å². The number of aromatic nitrogens is 4. The SMILES string of the molecule is Cn1cc(-c2c(N)ncnc2N2CCN(Cc3ccc(C(F)(F)F)cc3)CC2)cn1. The third-order valence-corrected chi connectivity index (χ3v) is 5.21. The number of aryl methyl sites for hydroxylation is 1. The van der Waals surface area contributed by atoms with E-state index >= 15 is 0 Å². The van der Waals surface area contributed by atoms with Crippen LogP contribution in [0.25, 0.3) is 11.1 Å². The van der Waals surface area contributed by atoms with E-state index in [0.717, 1.165) is 60.8 Å². The highest BCUT2D eigenvalue weighted by molar-refractivity contribution is 5.83. The summed E-state index contributed by atoms with van der Waals surface area (Å²) in [5.41, 5.74) is 8.00. The third kappa shape index (κ3) is 4.23. The van der Waals surface area contributed by atoms with Crippen molar-refractivity contribution >= 4 is 11.6 Å². The van der Waals surface area contributed by atoms with Crippen molar-refractivity contribution in [1.29, 1.82) is 0 Å². The van der Waals surface area contributed by atoms with Crippen molar-refractivity contribution in [2.75, 3.05) is 36.8 Å². The summed E-state index contributed by atoms with van der Waals surface area (Å²) in [6.45, 7) is 3.58. The molecule has 4 rings (SSSR count). The Morgan fingerprint density at radius 2 is 1.73 bits per heavy atom. The molecule has 3 aromatic rings. The van der Waals surface area contributed by atoms with Crippen molar-refractivity contribution in [3.05, 3.63) is 54.1 Å². The molecule has 0 aliphatic carbocycles. The summed E-state index contributed by atoms with van der Waals surface area (Å²) in [4.78, 5) is 13.0. The number of nitrogens with two attached hydrogens (primary N) is 1. The summed E-state index contributed by atoms with van der Waals surface area (Å²) in [7, 11) is 1.84. The van der Waals surface area contributed by atoms with Gasteiger partial charge in [0.15, 0.2) is 0 Å². The molecule has 0 bridgehead atoms. The zero-order valence-electron chi connectivity index (χ0n) is 16.5. The van der Waals surface area contributed by atoms with Crippen LogP contribution >= 0.6 is 0 Å². The van der Waals surface area contributed by atoms with Crippen LogP contribution in [0, 0.1) is 0 Å². The maximum atomic E-state index is 12.7. The molecule has 1 aliphatic heterocycles. The number of nitrogens with zero attached hydrogens (tertiary/aromatic N) is 6. The first-order valence-electron chi connectivity index (χ1n) is 9.54. The Balaban J connectivity index is 1.44. The van der Waals surface area contributed by atoms with Crippen LogP contribution in [0.15, 0.2) is 43.0 Å². The predicted octanol–water partition coefficient (Wildman–Crippen LogP) is 2.80. The van der Waals surface area contributed by atoms with Gasteiger partial charge in [0.1, 0.15) is 18.0 Å². The van der Waals surface area contributed by atoms with Gasteiger partial charge in [0.25, 0.3) is 0 Å². The van der Waals surface area contributed by atoms with E-state index in [-0.39, 0.29) is 0 Å². The van der Waals surface area contributed by atoms with Crippen molar-refractivity contribution in [2.45, 2.75) is 12.7 Å². The summed E-state index contributed by atoms with van der Waals surface area (Å²) in [6.07, 6.45) is 0.757. The minimum atomic E-state index is -4.31. The molecule has 2 N–H and O–H groups in total. The Morgan fingerprint density at radius 3 is 2.33 bits per heavy atom. The molecule has 0 radical (unpaired) electrons. The lowest BCUT2D eigenvalue weighted by Crippen LogP contribution is -2.46. The monoisotopic (exact) mass is 417 g/mol. The predicted molar refractivity (Wildman–Crippen MR) is 108 cm³/mol. The number of nitrogen functional groups attached to an aromatic ring is 1. The Hall–Kier alpha value is -3.14. The van der Waals surface area contributed by atoms with Gasteiger partial charge >= 0.3 is 6.18 Å². The lowest BCUT2D eigenvalue weighted by atomic mass is 10.1. The molecular formula is C20H22F3N7. The molecular weight excluding hydrogens is 395 g/mol.